The summed E-state index contributed by atoms with van der Waals surface area (Å²) in [6.07, 6.45) is 1.62. The van der Waals surface area contributed by atoms with E-state index >= 15 is 0 Å². The van der Waals surface area contributed by atoms with Gasteiger partial charge in [0.15, 0.2) is 0 Å². The number of aryl methyl sites for hydroxylation is 1. The van der Waals surface area contributed by atoms with Gasteiger partial charge in [0.05, 0.1) is 0 Å². The first-order chi connectivity index (χ1) is 7.59. The molecule has 0 aliphatic heterocycles. The van der Waals surface area contributed by atoms with Gasteiger partial charge in [-0.2, -0.15) is 0 Å². The predicted molar refractivity (Wildman–Crippen MR) is 62.9 cm³/mol. The number of hydrogen-bond donors (Lipinski definition) is 2. The van der Waals surface area contributed by atoms with Gasteiger partial charge < -0.3 is 10.1 Å². The summed E-state index contributed by atoms with van der Waals surface area (Å²) in [6.45, 7) is 1.90. The minimum atomic E-state index is -0.964. The second-order valence-corrected chi connectivity index (χ2v) is 3.97. The van der Waals surface area contributed by atoms with Crippen molar-refractivity contribution in [1.29, 1.82) is 0 Å². The highest BCUT2D eigenvalue weighted by molar-refractivity contribution is 6.30. The van der Waals surface area contributed by atoms with E-state index in [-0.39, 0.29) is 5.69 Å². The number of halogens is 1. The van der Waals surface area contributed by atoms with Crippen LogP contribution < -0.4 is 0 Å². The number of H-pyrrole nitrogens is 1. The summed E-state index contributed by atoms with van der Waals surface area (Å²) in [4.78, 5) is 13.7. The number of carbonyl (C=O) groups is 1. The van der Waals surface area contributed by atoms with Crippen LogP contribution in [-0.2, 0) is 0 Å². The molecule has 0 bridgehead atoms. The molecule has 4 heteroatoms. The lowest BCUT2D eigenvalue weighted by Gasteiger charge is -2.05. The van der Waals surface area contributed by atoms with E-state index in [2.05, 4.69) is 4.98 Å². The molecule has 0 fully saturated rings. The molecular formula is C12H10ClNO2. The molecule has 0 aliphatic carbocycles. The van der Waals surface area contributed by atoms with Crippen LogP contribution in [0.25, 0.3) is 11.1 Å². The highest BCUT2D eigenvalue weighted by Gasteiger charge is 2.14. The minimum absolute atomic E-state index is 0.199. The molecule has 16 heavy (non-hydrogen) atoms. The first-order valence-corrected chi connectivity index (χ1v) is 5.14. The number of rotatable bonds is 2. The number of carboxylic acid groups (broad SMARTS) is 1. The fourth-order valence-electron chi connectivity index (χ4n) is 1.70. The average Bonchev–Trinajstić information content (AvgIpc) is 2.66. The van der Waals surface area contributed by atoms with E-state index in [9.17, 15) is 4.79 Å². The third-order valence-corrected chi connectivity index (χ3v) is 2.67. The number of nitrogens with one attached hydrogen (secondary N) is 1. The Morgan fingerprint density at radius 3 is 2.69 bits per heavy atom. The van der Waals surface area contributed by atoms with Crippen LogP contribution in [0.2, 0.25) is 5.02 Å². The summed E-state index contributed by atoms with van der Waals surface area (Å²) in [5.74, 6) is -0.964. The Kier molecular flexibility index (Phi) is 2.71. The summed E-state index contributed by atoms with van der Waals surface area (Å²) in [7, 11) is 0. The van der Waals surface area contributed by atoms with Crippen molar-refractivity contribution in [3.8, 4) is 11.1 Å². The van der Waals surface area contributed by atoms with Gasteiger partial charge in [0, 0.05) is 16.8 Å². The maximum atomic E-state index is 11.0. The number of hydrogen-bond acceptors (Lipinski definition) is 1. The summed E-state index contributed by atoms with van der Waals surface area (Å²) >= 11 is 5.86. The molecule has 0 amide bonds. The molecular weight excluding hydrogens is 226 g/mol. The summed E-state index contributed by atoms with van der Waals surface area (Å²) < 4.78 is 0. The van der Waals surface area contributed by atoms with Gasteiger partial charge in [-0.3, -0.25) is 0 Å². The molecule has 3 nitrogen and oxygen atoms in total. The third kappa shape index (κ3) is 1.82. The Balaban J connectivity index is 2.59. The Bertz CT molecular complexity index is 546. The molecule has 0 saturated heterocycles. The molecule has 0 aliphatic rings. The maximum Gasteiger partial charge on any atom is 0.352 e. The van der Waals surface area contributed by atoms with Gasteiger partial charge in [-0.15, -0.1) is 0 Å². The van der Waals surface area contributed by atoms with Gasteiger partial charge in [-0.1, -0.05) is 17.7 Å². The molecule has 0 radical (unpaired) electrons. The molecule has 2 rings (SSSR count). The van der Waals surface area contributed by atoms with E-state index in [1.54, 1.807) is 18.3 Å². The van der Waals surface area contributed by atoms with E-state index in [1.807, 2.05) is 19.1 Å². The van der Waals surface area contributed by atoms with Crippen LogP contribution in [0.4, 0.5) is 0 Å². The quantitative estimate of drug-likeness (QED) is 0.839. The van der Waals surface area contributed by atoms with Crippen LogP contribution in [0, 0.1) is 6.92 Å². The largest absolute Gasteiger partial charge is 0.477 e. The fraction of sp³-hybridized carbons (Fsp3) is 0.0833. The highest BCUT2D eigenvalue weighted by atomic mass is 35.5. The number of aromatic nitrogens is 1. The summed E-state index contributed by atoms with van der Waals surface area (Å²) in [6, 6.07) is 7.14. The molecule has 2 aromatic rings. The number of aromatic amines is 1. The molecule has 0 saturated carbocycles. The van der Waals surface area contributed by atoms with Crippen molar-refractivity contribution in [3.05, 3.63) is 46.7 Å². The topological polar surface area (TPSA) is 53.1 Å². The van der Waals surface area contributed by atoms with Gasteiger partial charge in [-0.05, 0) is 36.2 Å². The molecule has 1 aromatic heterocycles. The van der Waals surface area contributed by atoms with Crippen LogP contribution in [0.3, 0.4) is 0 Å². The molecule has 0 atom stereocenters. The molecule has 1 heterocycles. The summed E-state index contributed by atoms with van der Waals surface area (Å²) in [5, 5.41) is 9.65. The molecule has 2 N–H and O–H groups in total. The van der Waals surface area contributed by atoms with E-state index in [0.717, 1.165) is 11.1 Å². The smallest absolute Gasteiger partial charge is 0.352 e. The van der Waals surface area contributed by atoms with Crippen LogP contribution in [-0.4, -0.2) is 16.1 Å². The van der Waals surface area contributed by atoms with Crippen molar-refractivity contribution in [1.82, 2.24) is 4.98 Å². The Morgan fingerprint density at radius 2 is 2.06 bits per heavy atom. The standard InChI is InChI=1S/C12H10ClNO2/c1-7-6-8(13)2-3-9(7)10-4-5-14-11(10)12(15)16/h2-6,14H,1H3,(H,15,16). The molecule has 0 unspecified atom stereocenters. The first kappa shape index (κ1) is 10.8. The average molecular weight is 236 g/mol. The van der Waals surface area contributed by atoms with Crippen molar-refractivity contribution < 1.29 is 9.90 Å². The lowest BCUT2D eigenvalue weighted by molar-refractivity contribution is 0.0692. The third-order valence-electron chi connectivity index (χ3n) is 2.44. The second kappa shape index (κ2) is 4.02. The van der Waals surface area contributed by atoms with E-state index in [1.165, 1.54) is 0 Å². The molecule has 0 spiro atoms. The SMILES string of the molecule is Cc1cc(Cl)ccc1-c1cc[nH]c1C(=O)O. The van der Waals surface area contributed by atoms with Gasteiger partial charge in [0.25, 0.3) is 0 Å². The lowest BCUT2D eigenvalue weighted by Crippen LogP contribution is -1.99. The normalized spacial score (nSPS) is 10.4. The minimum Gasteiger partial charge on any atom is -0.477 e. The van der Waals surface area contributed by atoms with Gasteiger partial charge in [-0.25, -0.2) is 4.79 Å². The van der Waals surface area contributed by atoms with E-state index < -0.39 is 5.97 Å². The lowest BCUT2D eigenvalue weighted by atomic mass is 10.0. The molecule has 1 aromatic carbocycles. The predicted octanol–water partition coefficient (Wildman–Crippen LogP) is 3.34. The Labute approximate surface area is 97.7 Å². The number of carboxylic acids is 1. The van der Waals surface area contributed by atoms with Crippen molar-refractivity contribution in [2.75, 3.05) is 0 Å². The monoisotopic (exact) mass is 235 g/mol. The zero-order valence-electron chi connectivity index (χ0n) is 8.62. The van der Waals surface area contributed by atoms with Crippen LogP contribution in [0.15, 0.2) is 30.5 Å². The number of aromatic carboxylic acids is 1. The fourth-order valence-corrected chi connectivity index (χ4v) is 1.93. The zero-order chi connectivity index (χ0) is 11.7. The molecule has 82 valence electrons. The van der Waals surface area contributed by atoms with Crippen molar-refractivity contribution in [2.45, 2.75) is 6.92 Å². The van der Waals surface area contributed by atoms with Crippen LogP contribution >= 0.6 is 11.6 Å². The maximum absolute atomic E-state index is 11.0. The zero-order valence-corrected chi connectivity index (χ0v) is 9.38. The van der Waals surface area contributed by atoms with Crippen LogP contribution in [0.1, 0.15) is 16.1 Å². The van der Waals surface area contributed by atoms with Crippen molar-refractivity contribution >= 4 is 17.6 Å². The van der Waals surface area contributed by atoms with Gasteiger partial charge in [0.2, 0.25) is 0 Å². The van der Waals surface area contributed by atoms with Crippen molar-refractivity contribution in [3.63, 3.8) is 0 Å². The second-order valence-electron chi connectivity index (χ2n) is 3.53. The highest BCUT2D eigenvalue weighted by Crippen LogP contribution is 2.28. The van der Waals surface area contributed by atoms with Crippen LogP contribution in [0.5, 0.6) is 0 Å². The van der Waals surface area contributed by atoms with Gasteiger partial charge in [0.1, 0.15) is 5.69 Å². The van der Waals surface area contributed by atoms with Crippen molar-refractivity contribution in [2.24, 2.45) is 0 Å². The summed E-state index contributed by atoms with van der Waals surface area (Å²) in [5.41, 5.74) is 2.71. The Hall–Kier alpha value is -1.74. The Morgan fingerprint density at radius 1 is 1.31 bits per heavy atom. The van der Waals surface area contributed by atoms with E-state index in [0.29, 0.717) is 10.6 Å². The van der Waals surface area contributed by atoms with E-state index in [4.69, 9.17) is 16.7 Å². The number of benzene rings is 1. The van der Waals surface area contributed by atoms with Gasteiger partial charge >= 0.3 is 5.97 Å². The first-order valence-electron chi connectivity index (χ1n) is 4.77.